The lowest BCUT2D eigenvalue weighted by molar-refractivity contribution is -0.137. The second kappa shape index (κ2) is 9.03. The van der Waals surface area contributed by atoms with Gasteiger partial charge in [0.2, 0.25) is 5.91 Å². The number of carbonyl (C=O) groups is 1. The quantitative estimate of drug-likeness (QED) is 0.761. The molecule has 1 N–H and O–H groups in total. The van der Waals surface area contributed by atoms with E-state index in [1.54, 1.807) is 12.0 Å². The zero-order valence-electron chi connectivity index (χ0n) is 14.3. The van der Waals surface area contributed by atoms with Gasteiger partial charge in [-0.05, 0) is 37.8 Å². The van der Waals surface area contributed by atoms with Crippen LogP contribution in [0.2, 0.25) is 0 Å². The first-order valence-corrected chi connectivity index (χ1v) is 8.47. The molecule has 1 fully saturated rings. The fraction of sp³-hybridized carbons (Fsp3) is 0.647. The van der Waals surface area contributed by atoms with Crippen LogP contribution in [0.5, 0.6) is 0 Å². The third-order valence-corrected chi connectivity index (χ3v) is 4.26. The molecule has 0 bridgehead atoms. The maximum absolute atomic E-state index is 13.2. The number of halogens is 3. The summed E-state index contributed by atoms with van der Waals surface area (Å²) in [5.41, 5.74) is -0.754. The summed E-state index contributed by atoms with van der Waals surface area (Å²) in [6.45, 7) is 1.92. The van der Waals surface area contributed by atoms with E-state index < -0.39 is 11.7 Å². The van der Waals surface area contributed by atoms with Crippen LogP contribution in [0.25, 0.3) is 0 Å². The van der Waals surface area contributed by atoms with E-state index in [1.807, 2.05) is 0 Å². The Labute approximate surface area is 145 Å². The monoisotopic (exact) mass is 359 g/mol. The molecule has 1 aromatic rings. The Kier molecular flexibility index (Phi) is 7.04. The molecule has 140 valence electrons. The Hall–Kier alpha value is -1.83. The van der Waals surface area contributed by atoms with Gasteiger partial charge in [0, 0.05) is 39.5 Å². The Bertz CT molecular complexity index is 566. The highest BCUT2D eigenvalue weighted by atomic mass is 19.4. The SMILES string of the molecule is COCCCCNC(=O)C1CCCN(c2ncccc2C(F)(F)F)C1. The second-order valence-corrected chi connectivity index (χ2v) is 6.15. The lowest BCUT2D eigenvalue weighted by Crippen LogP contribution is -2.44. The van der Waals surface area contributed by atoms with Crippen LogP contribution >= 0.6 is 0 Å². The number of aromatic nitrogens is 1. The van der Waals surface area contributed by atoms with Gasteiger partial charge in [0.05, 0.1) is 11.5 Å². The topological polar surface area (TPSA) is 54.5 Å². The zero-order valence-corrected chi connectivity index (χ0v) is 14.3. The van der Waals surface area contributed by atoms with Crippen LogP contribution in [0, 0.1) is 5.92 Å². The van der Waals surface area contributed by atoms with Crippen LogP contribution in [0.15, 0.2) is 18.3 Å². The number of ether oxygens (including phenoxy) is 1. The van der Waals surface area contributed by atoms with Crippen molar-refractivity contribution in [3.05, 3.63) is 23.9 Å². The van der Waals surface area contributed by atoms with Gasteiger partial charge in [-0.25, -0.2) is 4.98 Å². The van der Waals surface area contributed by atoms with Crippen molar-refractivity contribution in [1.29, 1.82) is 0 Å². The van der Waals surface area contributed by atoms with Crippen molar-refractivity contribution < 1.29 is 22.7 Å². The number of hydrogen-bond acceptors (Lipinski definition) is 4. The number of piperidine rings is 1. The summed E-state index contributed by atoms with van der Waals surface area (Å²) in [5, 5.41) is 2.86. The number of hydrogen-bond donors (Lipinski definition) is 1. The van der Waals surface area contributed by atoms with Crippen LogP contribution in [0.1, 0.15) is 31.2 Å². The highest BCUT2D eigenvalue weighted by Crippen LogP contribution is 2.36. The van der Waals surface area contributed by atoms with Gasteiger partial charge >= 0.3 is 6.18 Å². The summed E-state index contributed by atoms with van der Waals surface area (Å²) in [6.07, 6.45) is -0.0979. The minimum absolute atomic E-state index is 0.0902. The van der Waals surface area contributed by atoms with Gasteiger partial charge in [-0.1, -0.05) is 0 Å². The molecule has 0 spiro atoms. The van der Waals surface area contributed by atoms with E-state index in [4.69, 9.17) is 4.74 Å². The standard InChI is InChI=1S/C17H24F3N3O2/c1-25-11-3-2-8-22-16(24)13-6-5-10-23(12-13)15-14(17(18,19)20)7-4-9-21-15/h4,7,9,13H,2-3,5-6,8,10-12H2,1H3,(H,22,24). The predicted molar refractivity (Wildman–Crippen MR) is 88.3 cm³/mol. The number of nitrogens with one attached hydrogen (secondary N) is 1. The molecule has 1 unspecified atom stereocenters. The third-order valence-electron chi connectivity index (χ3n) is 4.26. The summed E-state index contributed by atoms with van der Waals surface area (Å²) in [4.78, 5) is 17.8. The Balaban J connectivity index is 1.96. The van der Waals surface area contributed by atoms with Crippen molar-refractivity contribution in [2.45, 2.75) is 31.9 Å². The number of rotatable bonds is 7. The number of carbonyl (C=O) groups excluding carboxylic acids is 1. The molecule has 25 heavy (non-hydrogen) atoms. The average molecular weight is 359 g/mol. The molecule has 1 saturated heterocycles. The molecule has 2 rings (SSSR count). The van der Waals surface area contributed by atoms with Crippen molar-refractivity contribution in [2.24, 2.45) is 5.92 Å². The maximum Gasteiger partial charge on any atom is 0.419 e. The number of nitrogens with zero attached hydrogens (tertiary/aromatic N) is 2. The van der Waals surface area contributed by atoms with E-state index in [0.717, 1.165) is 18.9 Å². The molecule has 0 radical (unpaired) electrons. The summed E-state index contributed by atoms with van der Waals surface area (Å²) >= 11 is 0. The van der Waals surface area contributed by atoms with E-state index in [0.29, 0.717) is 32.5 Å². The summed E-state index contributed by atoms with van der Waals surface area (Å²) in [7, 11) is 1.63. The van der Waals surface area contributed by atoms with Crippen molar-refractivity contribution in [2.75, 3.05) is 38.3 Å². The number of unbranched alkanes of at least 4 members (excludes halogenated alkanes) is 1. The summed E-state index contributed by atoms with van der Waals surface area (Å²) < 4.78 is 44.5. The summed E-state index contributed by atoms with van der Waals surface area (Å²) in [5.74, 6) is -0.515. The lowest BCUT2D eigenvalue weighted by atomic mass is 9.96. The van der Waals surface area contributed by atoms with Crippen LogP contribution in [-0.4, -0.2) is 44.2 Å². The van der Waals surface area contributed by atoms with Crippen LogP contribution in [0.3, 0.4) is 0 Å². The predicted octanol–water partition coefficient (Wildman–Crippen LogP) is 2.86. The van der Waals surface area contributed by atoms with Crippen LogP contribution in [-0.2, 0) is 15.7 Å². The molecule has 5 nitrogen and oxygen atoms in total. The number of pyridine rings is 1. The van der Waals surface area contributed by atoms with E-state index >= 15 is 0 Å². The number of amides is 1. The van der Waals surface area contributed by atoms with Crippen molar-refractivity contribution in [1.82, 2.24) is 10.3 Å². The van der Waals surface area contributed by atoms with E-state index in [9.17, 15) is 18.0 Å². The molecular formula is C17H24F3N3O2. The highest BCUT2D eigenvalue weighted by Gasteiger charge is 2.37. The molecule has 1 aliphatic rings. The molecule has 0 aliphatic carbocycles. The largest absolute Gasteiger partial charge is 0.419 e. The van der Waals surface area contributed by atoms with E-state index in [1.165, 1.54) is 12.3 Å². The normalized spacial score (nSPS) is 18.2. The molecule has 1 aromatic heterocycles. The Morgan fingerprint density at radius 3 is 2.96 bits per heavy atom. The van der Waals surface area contributed by atoms with Crippen LogP contribution in [0.4, 0.5) is 19.0 Å². The number of methoxy groups -OCH3 is 1. The maximum atomic E-state index is 13.2. The van der Waals surface area contributed by atoms with Crippen molar-refractivity contribution in [3.63, 3.8) is 0 Å². The molecular weight excluding hydrogens is 335 g/mol. The van der Waals surface area contributed by atoms with Gasteiger partial charge in [-0.15, -0.1) is 0 Å². The Morgan fingerprint density at radius 2 is 2.24 bits per heavy atom. The van der Waals surface area contributed by atoms with E-state index in [2.05, 4.69) is 10.3 Å². The minimum Gasteiger partial charge on any atom is -0.385 e. The van der Waals surface area contributed by atoms with Gasteiger partial charge < -0.3 is 15.0 Å². The molecule has 1 atom stereocenters. The third kappa shape index (κ3) is 5.59. The fourth-order valence-corrected chi connectivity index (χ4v) is 2.98. The number of alkyl halides is 3. The zero-order chi connectivity index (χ0) is 18.3. The highest BCUT2D eigenvalue weighted by molar-refractivity contribution is 5.79. The first-order valence-electron chi connectivity index (χ1n) is 8.47. The van der Waals surface area contributed by atoms with E-state index in [-0.39, 0.29) is 24.2 Å². The number of anilines is 1. The average Bonchev–Trinajstić information content (AvgIpc) is 2.61. The van der Waals surface area contributed by atoms with Crippen LogP contribution < -0.4 is 10.2 Å². The van der Waals surface area contributed by atoms with Gasteiger partial charge in [-0.2, -0.15) is 13.2 Å². The minimum atomic E-state index is -4.46. The lowest BCUT2D eigenvalue weighted by Gasteiger charge is -2.34. The van der Waals surface area contributed by atoms with Crippen molar-refractivity contribution in [3.8, 4) is 0 Å². The fourth-order valence-electron chi connectivity index (χ4n) is 2.98. The Morgan fingerprint density at radius 1 is 1.44 bits per heavy atom. The molecule has 1 amide bonds. The smallest absolute Gasteiger partial charge is 0.385 e. The molecule has 2 heterocycles. The molecule has 1 aliphatic heterocycles. The molecule has 0 saturated carbocycles. The van der Waals surface area contributed by atoms with Gasteiger partial charge in [0.25, 0.3) is 0 Å². The first kappa shape index (κ1) is 19.5. The molecule has 0 aromatic carbocycles. The van der Waals surface area contributed by atoms with Crippen molar-refractivity contribution >= 4 is 11.7 Å². The first-order chi connectivity index (χ1) is 11.9. The van der Waals surface area contributed by atoms with Gasteiger partial charge in [0.1, 0.15) is 5.82 Å². The van der Waals surface area contributed by atoms with Gasteiger partial charge in [-0.3, -0.25) is 4.79 Å². The summed E-state index contributed by atoms with van der Waals surface area (Å²) in [6, 6.07) is 2.31. The second-order valence-electron chi connectivity index (χ2n) is 6.15. The molecule has 8 heteroatoms. The van der Waals surface area contributed by atoms with Gasteiger partial charge in [0.15, 0.2) is 0 Å².